The molecule has 0 unspecified atom stereocenters. The zero-order chi connectivity index (χ0) is 17.8. The highest BCUT2D eigenvalue weighted by atomic mass is 16.2. The second kappa shape index (κ2) is 7.38. The molecule has 0 saturated heterocycles. The topological polar surface area (TPSA) is 70.2 Å². The third kappa shape index (κ3) is 5.35. The molecule has 3 amide bonds. The van der Waals surface area contributed by atoms with Gasteiger partial charge in [-0.2, -0.15) is 0 Å². The summed E-state index contributed by atoms with van der Waals surface area (Å²) in [5, 5.41) is 8.60. The molecule has 5 nitrogen and oxygen atoms in total. The van der Waals surface area contributed by atoms with Crippen LogP contribution < -0.4 is 16.0 Å². The van der Waals surface area contributed by atoms with Gasteiger partial charge in [-0.3, -0.25) is 4.79 Å². The number of rotatable bonds is 5. The molecule has 0 spiro atoms. The van der Waals surface area contributed by atoms with Crippen molar-refractivity contribution in [2.24, 2.45) is 0 Å². The number of nitrogens with one attached hydrogen (secondary N) is 3. The molecule has 2 aromatic rings. The summed E-state index contributed by atoms with van der Waals surface area (Å²) in [5.41, 5.74) is 4.59. The molecule has 0 bridgehead atoms. The van der Waals surface area contributed by atoms with Gasteiger partial charge in [0.2, 0.25) is 5.91 Å². The fourth-order valence-electron chi connectivity index (χ4n) is 2.74. The first kappa shape index (κ1) is 17.0. The average Bonchev–Trinajstić information content (AvgIpc) is 3.32. The molecule has 1 fully saturated rings. The lowest BCUT2D eigenvalue weighted by Gasteiger charge is -2.10. The van der Waals surface area contributed by atoms with E-state index in [1.54, 1.807) is 12.1 Å². The predicted octanol–water partition coefficient (Wildman–Crippen LogP) is 3.77. The molecule has 0 aromatic heterocycles. The molecule has 0 heterocycles. The highest BCUT2D eigenvalue weighted by molar-refractivity contribution is 5.99. The Balaban J connectivity index is 1.53. The number of hydrogen-bond acceptors (Lipinski definition) is 2. The Labute approximate surface area is 147 Å². The molecule has 130 valence electrons. The Morgan fingerprint density at radius 3 is 2.12 bits per heavy atom. The minimum absolute atomic E-state index is 0.0516. The van der Waals surface area contributed by atoms with Crippen molar-refractivity contribution in [3.63, 3.8) is 0 Å². The van der Waals surface area contributed by atoms with Gasteiger partial charge in [-0.1, -0.05) is 18.2 Å². The molecule has 1 aliphatic carbocycles. The van der Waals surface area contributed by atoms with Crippen LogP contribution in [0, 0.1) is 13.8 Å². The van der Waals surface area contributed by atoms with Crippen molar-refractivity contribution in [2.75, 3.05) is 10.6 Å². The largest absolute Gasteiger partial charge is 0.353 e. The number of benzene rings is 2. The van der Waals surface area contributed by atoms with Crippen molar-refractivity contribution in [1.29, 1.82) is 0 Å². The van der Waals surface area contributed by atoms with E-state index in [0.717, 1.165) is 35.2 Å². The third-order valence-electron chi connectivity index (χ3n) is 4.00. The van der Waals surface area contributed by atoms with E-state index >= 15 is 0 Å². The highest BCUT2D eigenvalue weighted by Gasteiger charge is 2.22. The van der Waals surface area contributed by atoms with Gasteiger partial charge in [0.15, 0.2) is 0 Å². The van der Waals surface area contributed by atoms with E-state index in [1.807, 2.05) is 38.1 Å². The lowest BCUT2D eigenvalue weighted by atomic mass is 10.1. The van der Waals surface area contributed by atoms with Crippen molar-refractivity contribution < 1.29 is 9.59 Å². The van der Waals surface area contributed by atoms with Crippen LogP contribution in [0.5, 0.6) is 0 Å². The molecule has 25 heavy (non-hydrogen) atoms. The molecule has 0 atom stereocenters. The summed E-state index contributed by atoms with van der Waals surface area (Å²) in [5.74, 6) is 0.0516. The van der Waals surface area contributed by atoms with Crippen molar-refractivity contribution in [2.45, 2.75) is 39.2 Å². The lowest BCUT2D eigenvalue weighted by molar-refractivity contribution is -0.120. The number of hydrogen-bond donors (Lipinski definition) is 3. The van der Waals surface area contributed by atoms with Crippen LogP contribution in [0.15, 0.2) is 42.5 Å². The lowest BCUT2D eigenvalue weighted by Crippen LogP contribution is -2.26. The molecule has 0 radical (unpaired) electrons. The fraction of sp³-hybridized carbons (Fsp3) is 0.300. The zero-order valence-corrected chi connectivity index (χ0v) is 14.6. The van der Waals surface area contributed by atoms with Crippen LogP contribution in [0.25, 0.3) is 0 Å². The van der Waals surface area contributed by atoms with Gasteiger partial charge >= 0.3 is 6.03 Å². The summed E-state index contributed by atoms with van der Waals surface area (Å²) < 4.78 is 0. The molecule has 1 aliphatic rings. The SMILES string of the molecule is Cc1cc(C)cc(NC(=O)Nc2ccc(CC(=O)NC3CC3)cc2)c1. The number of anilines is 2. The Bertz CT molecular complexity index is 760. The number of aryl methyl sites for hydroxylation is 2. The van der Waals surface area contributed by atoms with E-state index < -0.39 is 0 Å². The Hall–Kier alpha value is -2.82. The maximum absolute atomic E-state index is 12.1. The summed E-state index contributed by atoms with van der Waals surface area (Å²) in [6, 6.07) is 13.3. The van der Waals surface area contributed by atoms with Gasteiger partial charge in [0, 0.05) is 17.4 Å². The predicted molar refractivity (Wildman–Crippen MR) is 99.9 cm³/mol. The molecule has 3 N–H and O–H groups in total. The summed E-state index contributed by atoms with van der Waals surface area (Å²) in [4.78, 5) is 23.9. The van der Waals surface area contributed by atoms with Crippen LogP contribution in [0.2, 0.25) is 0 Å². The number of carbonyl (C=O) groups is 2. The van der Waals surface area contributed by atoms with Crippen LogP contribution in [-0.4, -0.2) is 18.0 Å². The van der Waals surface area contributed by atoms with Crippen LogP contribution in [0.4, 0.5) is 16.2 Å². The summed E-state index contributed by atoms with van der Waals surface area (Å²) in [6.07, 6.45) is 2.54. The van der Waals surface area contributed by atoms with Gasteiger partial charge in [-0.05, 0) is 67.6 Å². The van der Waals surface area contributed by atoms with E-state index in [1.165, 1.54) is 0 Å². The average molecular weight is 337 g/mol. The van der Waals surface area contributed by atoms with Gasteiger partial charge in [0.1, 0.15) is 0 Å². The molecular formula is C20H23N3O2. The molecule has 1 saturated carbocycles. The maximum Gasteiger partial charge on any atom is 0.323 e. The normalized spacial score (nSPS) is 13.2. The molecule has 0 aliphatic heterocycles. The van der Waals surface area contributed by atoms with Crippen LogP contribution in [0.3, 0.4) is 0 Å². The Morgan fingerprint density at radius 2 is 1.52 bits per heavy atom. The summed E-state index contributed by atoms with van der Waals surface area (Å²) >= 11 is 0. The zero-order valence-electron chi connectivity index (χ0n) is 14.6. The standard InChI is InChI=1S/C20H23N3O2/c1-13-9-14(2)11-18(10-13)23-20(25)22-17-5-3-15(4-6-17)12-19(24)21-16-7-8-16/h3-6,9-11,16H,7-8,12H2,1-2H3,(H,21,24)(H2,22,23,25). The second-order valence-corrected chi connectivity index (χ2v) is 6.67. The third-order valence-corrected chi connectivity index (χ3v) is 4.00. The van der Waals surface area contributed by atoms with Crippen molar-refractivity contribution >= 4 is 23.3 Å². The number of urea groups is 1. The first-order valence-electron chi connectivity index (χ1n) is 8.52. The van der Waals surface area contributed by atoms with E-state index in [4.69, 9.17) is 0 Å². The van der Waals surface area contributed by atoms with Crippen LogP contribution >= 0.6 is 0 Å². The fourth-order valence-corrected chi connectivity index (χ4v) is 2.74. The number of carbonyl (C=O) groups excluding carboxylic acids is 2. The Morgan fingerprint density at radius 1 is 0.920 bits per heavy atom. The Kier molecular flexibility index (Phi) is 5.03. The molecule has 3 rings (SSSR count). The van der Waals surface area contributed by atoms with E-state index in [0.29, 0.717) is 18.2 Å². The first-order chi connectivity index (χ1) is 12.0. The minimum atomic E-state index is -0.288. The highest BCUT2D eigenvalue weighted by Crippen LogP contribution is 2.19. The summed E-state index contributed by atoms with van der Waals surface area (Å²) in [7, 11) is 0. The van der Waals surface area contributed by atoms with Gasteiger partial charge in [0.25, 0.3) is 0 Å². The van der Waals surface area contributed by atoms with Gasteiger partial charge in [-0.15, -0.1) is 0 Å². The second-order valence-electron chi connectivity index (χ2n) is 6.67. The van der Waals surface area contributed by atoms with E-state index in [2.05, 4.69) is 22.0 Å². The molecule has 2 aromatic carbocycles. The maximum atomic E-state index is 12.1. The van der Waals surface area contributed by atoms with E-state index in [9.17, 15) is 9.59 Å². The number of amides is 3. The van der Waals surface area contributed by atoms with Crippen molar-refractivity contribution in [1.82, 2.24) is 5.32 Å². The van der Waals surface area contributed by atoms with Crippen LogP contribution in [0.1, 0.15) is 29.5 Å². The van der Waals surface area contributed by atoms with E-state index in [-0.39, 0.29) is 11.9 Å². The molecule has 5 heteroatoms. The van der Waals surface area contributed by atoms with Gasteiger partial charge in [0.05, 0.1) is 6.42 Å². The van der Waals surface area contributed by atoms with Crippen molar-refractivity contribution in [3.05, 3.63) is 59.2 Å². The summed E-state index contributed by atoms with van der Waals surface area (Å²) in [6.45, 7) is 3.99. The monoisotopic (exact) mass is 337 g/mol. The first-order valence-corrected chi connectivity index (χ1v) is 8.52. The van der Waals surface area contributed by atoms with Gasteiger partial charge in [-0.25, -0.2) is 4.79 Å². The van der Waals surface area contributed by atoms with Crippen LogP contribution in [-0.2, 0) is 11.2 Å². The quantitative estimate of drug-likeness (QED) is 0.777. The van der Waals surface area contributed by atoms with Gasteiger partial charge < -0.3 is 16.0 Å². The van der Waals surface area contributed by atoms with Crippen molar-refractivity contribution in [3.8, 4) is 0 Å². The molecular weight excluding hydrogens is 314 g/mol. The minimum Gasteiger partial charge on any atom is -0.353 e. The smallest absolute Gasteiger partial charge is 0.323 e.